The summed E-state index contributed by atoms with van der Waals surface area (Å²) in [6.45, 7) is 5.63. The van der Waals surface area contributed by atoms with Crippen LogP contribution in [-0.4, -0.2) is 55.9 Å². The molecule has 0 aliphatic heterocycles. The third-order valence-corrected chi connectivity index (χ3v) is 3.65. The SMILES string of the molecule is CCOc1cc(C(=O)N(C)C)ccc1NC(=O)CNC(=O)[C@@H](N)C(C)C. The molecule has 0 bridgehead atoms. The summed E-state index contributed by atoms with van der Waals surface area (Å²) in [7, 11) is 3.31. The standard InChI is InChI=1S/C18H28N4O4/c1-6-26-14-9-12(18(25)22(4)5)7-8-13(14)21-15(23)10-20-17(24)16(19)11(2)3/h7-9,11,16H,6,10,19H2,1-5H3,(H,20,24)(H,21,23)/t16-/m0/s1. The summed E-state index contributed by atoms with van der Waals surface area (Å²) in [6, 6.07) is 4.11. The first-order valence-electron chi connectivity index (χ1n) is 8.49. The number of ether oxygens (including phenoxy) is 1. The van der Waals surface area contributed by atoms with Gasteiger partial charge in [0.25, 0.3) is 5.91 Å². The van der Waals surface area contributed by atoms with Crippen molar-refractivity contribution in [3.05, 3.63) is 23.8 Å². The van der Waals surface area contributed by atoms with Gasteiger partial charge in [-0.05, 0) is 31.0 Å². The third-order valence-electron chi connectivity index (χ3n) is 3.65. The number of carbonyl (C=O) groups excluding carboxylic acids is 3. The number of hydrogen-bond acceptors (Lipinski definition) is 5. The number of hydrogen-bond donors (Lipinski definition) is 3. The molecule has 1 atom stereocenters. The molecule has 0 aliphatic rings. The lowest BCUT2D eigenvalue weighted by molar-refractivity contribution is -0.125. The topological polar surface area (TPSA) is 114 Å². The number of amides is 3. The van der Waals surface area contributed by atoms with E-state index in [0.717, 1.165) is 0 Å². The van der Waals surface area contributed by atoms with E-state index >= 15 is 0 Å². The number of nitrogens with one attached hydrogen (secondary N) is 2. The van der Waals surface area contributed by atoms with Crippen molar-refractivity contribution in [1.82, 2.24) is 10.2 Å². The monoisotopic (exact) mass is 364 g/mol. The largest absolute Gasteiger partial charge is 0.492 e. The highest BCUT2D eigenvalue weighted by molar-refractivity contribution is 5.98. The van der Waals surface area contributed by atoms with Gasteiger partial charge in [0.05, 0.1) is 24.9 Å². The summed E-state index contributed by atoms with van der Waals surface area (Å²) in [4.78, 5) is 37.4. The Morgan fingerprint density at radius 1 is 1.23 bits per heavy atom. The Labute approximate surface area is 154 Å². The van der Waals surface area contributed by atoms with E-state index in [1.54, 1.807) is 39.2 Å². The van der Waals surface area contributed by atoms with E-state index in [1.165, 1.54) is 4.90 Å². The zero-order valence-electron chi connectivity index (χ0n) is 16.0. The summed E-state index contributed by atoms with van der Waals surface area (Å²) >= 11 is 0. The molecule has 0 saturated heterocycles. The van der Waals surface area contributed by atoms with Gasteiger partial charge in [0.15, 0.2) is 0 Å². The molecule has 8 heteroatoms. The van der Waals surface area contributed by atoms with Gasteiger partial charge in [-0.1, -0.05) is 13.8 Å². The fourth-order valence-electron chi connectivity index (χ4n) is 2.07. The summed E-state index contributed by atoms with van der Waals surface area (Å²) in [5.41, 5.74) is 6.61. The summed E-state index contributed by atoms with van der Waals surface area (Å²) in [5, 5.41) is 5.17. The van der Waals surface area contributed by atoms with Crippen LogP contribution in [0.3, 0.4) is 0 Å². The molecular weight excluding hydrogens is 336 g/mol. The van der Waals surface area contributed by atoms with Gasteiger partial charge in [-0.25, -0.2) is 0 Å². The minimum absolute atomic E-state index is 0.0237. The summed E-state index contributed by atoms with van der Waals surface area (Å²) < 4.78 is 5.51. The molecule has 0 fully saturated rings. The van der Waals surface area contributed by atoms with Crippen molar-refractivity contribution >= 4 is 23.4 Å². The second-order valence-corrected chi connectivity index (χ2v) is 6.38. The second-order valence-electron chi connectivity index (χ2n) is 6.38. The second kappa shape index (κ2) is 9.76. The average molecular weight is 364 g/mol. The molecule has 1 aromatic rings. The molecule has 0 saturated carbocycles. The smallest absolute Gasteiger partial charge is 0.253 e. The number of anilines is 1. The molecule has 1 rings (SSSR count). The maximum Gasteiger partial charge on any atom is 0.253 e. The van der Waals surface area contributed by atoms with E-state index in [-0.39, 0.29) is 24.3 Å². The Kier molecular flexibility index (Phi) is 8.05. The maximum atomic E-state index is 12.1. The van der Waals surface area contributed by atoms with Crippen LogP contribution in [0.25, 0.3) is 0 Å². The number of rotatable bonds is 8. The molecule has 0 spiro atoms. The van der Waals surface area contributed by atoms with Crippen LogP contribution in [0.15, 0.2) is 18.2 Å². The van der Waals surface area contributed by atoms with Crippen LogP contribution in [-0.2, 0) is 9.59 Å². The minimum Gasteiger partial charge on any atom is -0.492 e. The Balaban J connectivity index is 2.80. The van der Waals surface area contributed by atoms with Crippen LogP contribution in [0.1, 0.15) is 31.1 Å². The minimum atomic E-state index is -0.668. The van der Waals surface area contributed by atoms with Crippen LogP contribution >= 0.6 is 0 Å². The van der Waals surface area contributed by atoms with E-state index in [2.05, 4.69) is 10.6 Å². The van der Waals surface area contributed by atoms with Gasteiger partial charge in [0.1, 0.15) is 5.75 Å². The highest BCUT2D eigenvalue weighted by Gasteiger charge is 2.18. The highest BCUT2D eigenvalue weighted by Crippen LogP contribution is 2.26. The molecule has 8 nitrogen and oxygen atoms in total. The molecule has 144 valence electrons. The Morgan fingerprint density at radius 3 is 2.42 bits per heavy atom. The van der Waals surface area contributed by atoms with Crippen molar-refractivity contribution in [3.8, 4) is 5.75 Å². The Bertz CT molecular complexity index is 659. The summed E-state index contributed by atoms with van der Waals surface area (Å²) in [6.07, 6.45) is 0. The fraction of sp³-hybridized carbons (Fsp3) is 0.500. The number of nitrogens with zero attached hydrogens (tertiary/aromatic N) is 1. The van der Waals surface area contributed by atoms with Crippen molar-refractivity contribution in [3.63, 3.8) is 0 Å². The average Bonchev–Trinajstić information content (AvgIpc) is 2.59. The van der Waals surface area contributed by atoms with Crippen molar-refractivity contribution in [2.75, 3.05) is 32.6 Å². The van der Waals surface area contributed by atoms with Gasteiger partial charge in [-0.2, -0.15) is 0 Å². The van der Waals surface area contributed by atoms with E-state index in [0.29, 0.717) is 23.6 Å². The molecule has 0 unspecified atom stereocenters. The van der Waals surface area contributed by atoms with E-state index in [9.17, 15) is 14.4 Å². The molecule has 0 radical (unpaired) electrons. The molecule has 0 heterocycles. The van der Waals surface area contributed by atoms with Gasteiger partial charge in [0.2, 0.25) is 11.8 Å². The lowest BCUT2D eigenvalue weighted by Gasteiger charge is -2.17. The first-order valence-corrected chi connectivity index (χ1v) is 8.49. The zero-order chi connectivity index (χ0) is 19.9. The first-order chi connectivity index (χ1) is 12.2. The molecule has 3 amide bonds. The summed E-state index contributed by atoms with van der Waals surface area (Å²) in [5.74, 6) is -0.601. The Morgan fingerprint density at radius 2 is 1.88 bits per heavy atom. The molecule has 1 aromatic carbocycles. The maximum absolute atomic E-state index is 12.1. The van der Waals surface area contributed by atoms with Gasteiger partial charge in [-0.3, -0.25) is 14.4 Å². The van der Waals surface area contributed by atoms with Gasteiger partial charge in [-0.15, -0.1) is 0 Å². The molecule has 26 heavy (non-hydrogen) atoms. The van der Waals surface area contributed by atoms with Crippen molar-refractivity contribution in [1.29, 1.82) is 0 Å². The predicted octanol–water partition coefficient (Wildman–Crippen LogP) is 0.825. The lowest BCUT2D eigenvalue weighted by atomic mass is 10.1. The van der Waals surface area contributed by atoms with Crippen LogP contribution < -0.4 is 21.1 Å². The molecule has 0 aliphatic carbocycles. The normalized spacial score (nSPS) is 11.7. The number of carbonyl (C=O) groups is 3. The zero-order valence-corrected chi connectivity index (χ0v) is 16.0. The van der Waals surface area contributed by atoms with Gasteiger partial charge >= 0.3 is 0 Å². The predicted molar refractivity (Wildman–Crippen MR) is 100 cm³/mol. The first kappa shape index (κ1) is 21.4. The fourth-order valence-corrected chi connectivity index (χ4v) is 2.07. The van der Waals surface area contributed by atoms with Crippen molar-refractivity contribution in [2.24, 2.45) is 11.7 Å². The van der Waals surface area contributed by atoms with Crippen LogP contribution in [0.5, 0.6) is 5.75 Å². The van der Waals surface area contributed by atoms with E-state index < -0.39 is 11.9 Å². The molecule has 0 aromatic heterocycles. The number of benzene rings is 1. The van der Waals surface area contributed by atoms with E-state index in [4.69, 9.17) is 10.5 Å². The third kappa shape index (κ3) is 6.03. The van der Waals surface area contributed by atoms with Gasteiger partial charge < -0.3 is 26.0 Å². The number of nitrogens with two attached hydrogens (primary N) is 1. The Hall–Kier alpha value is -2.61. The highest BCUT2D eigenvalue weighted by atomic mass is 16.5. The molecule has 4 N–H and O–H groups in total. The van der Waals surface area contributed by atoms with Crippen molar-refractivity contribution < 1.29 is 19.1 Å². The van der Waals surface area contributed by atoms with Crippen molar-refractivity contribution in [2.45, 2.75) is 26.8 Å². The molecular formula is C18H28N4O4. The quantitative estimate of drug-likeness (QED) is 0.632. The van der Waals surface area contributed by atoms with Crippen LogP contribution in [0.4, 0.5) is 5.69 Å². The van der Waals surface area contributed by atoms with Crippen LogP contribution in [0, 0.1) is 5.92 Å². The van der Waals surface area contributed by atoms with E-state index in [1.807, 2.05) is 13.8 Å². The van der Waals surface area contributed by atoms with Crippen LogP contribution in [0.2, 0.25) is 0 Å². The lowest BCUT2D eigenvalue weighted by Crippen LogP contribution is -2.46. The van der Waals surface area contributed by atoms with Gasteiger partial charge in [0, 0.05) is 19.7 Å².